The fraction of sp³-hybridized carbons (Fsp3) is 0.0588. The number of hydrogen-bond acceptors (Lipinski definition) is 3. The van der Waals surface area contributed by atoms with E-state index >= 15 is 0 Å². The molecule has 0 spiro atoms. The van der Waals surface area contributed by atoms with Crippen molar-refractivity contribution in [3.63, 3.8) is 0 Å². The summed E-state index contributed by atoms with van der Waals surface area (Å²) < 4.78 is 5.85. The van der Waals surface area contributed by atoms with Crippen LogP contribution in [0, 0.1) is 6.92 Å². The standard InChI is InChI=1S/C17H13ClN2OS/c1-10-2-5-13(6-3-10)20-17-14(16(19)22)9-11-8-12(18)4-7-15(11)21-17/h2-9H,1H3,(H2,19,22). The van der Waals surface area contributed by atoms with Crippen molar-refractivity contribution < 1.29 is 4.42 Å². The Morgan fingerprint density at radius 3 is 2.55 bits per heavy atom. The number of benzene rings is 2. The molecule has 2 aromatic carbocycles. The molecule has 3 nitrogen and oxygen atoms in total. The number of fused-ring (bicyclic) bond motifs is 1. The van der Waals surface area contributed by atoms with Crippen molar-refractivity contribution in [2.45, 2.75) is 6.92 Å². The molecule has 0 aliphatic rings. The summed E-state index contributed by atoms with van der Waals surface area (Å²) >= 11 is 11.1. The van der Waals surface area contributed by atoms with Crippen LogP contribution in [0.1, 0.15) is 11.1 Å². The molecule has 110 valence electrons. The molecule has 0 saturated carbocycles. The van der Waals surface area contributed by atoms with E-state index in [1.807, 2.05) is 37.3 Å². The molecule has 3 rings (SSSR count). The largest absolute Gasteiger partial charge is 0.438 e. The van der Waals surface area contributed by atoms with Gasteiger partial charge in [-0.3, -0.25) is 0 Å². The first-order valence-electron chi connectivity index (χ1n) is 6.67. The average Bonchev–Trinajstić information content (AvgIpc) is 2.49. The minimum absolute atomic E-state index is 0.233. The molecule has 0 aliphatic heterocycles. The molecule has 2 N–H and O–H groups in total. The predicted molar refractivity (Wildman–Crippen MR) is 93.5 cm³/mol. The number of nitrogens with two attached hydrogens (primary N) is 1. The molecule has 1 aromatic heterocycles. The second-order valence-electron chi connectivity index (χ2n) is 4.96. The molecule has 0 fully saturated rings. The van der Waals surface area contributed by atoms with Crippen LogP contribution >= 0.6 is 23.8 Å². The molecule has 0 saturated heterocycles. The first kappa shape index (κ1) is 14.8. The minimum Gasteiger partial charge on any atom is -0.438 e. The molecule has 0 radical (unpaired) electrons. The van der Waals surface area contributed by atoms with Gasteiger partial charge in [0.1, 0.15) is 10.6 Å². The van der Waals surface area contributed by atoms with Gasteiger partial charge < -0.3 is 10.2 Å². The van der Waals surface area contributed by atoms with E-state index in [9.17, 15) is 0 Å². The topological polar surface area (TPSA) is 51.5 Å². The zero-order valence-electron chi connectivity index (χ0n) is 11.8. The van der Waals surface area contributed by atoms with E-state index < -0.39 is 0 Å². The third kappa shape index (κ3) is 3.03. The molecule has 0 atom stereocenters. The lowest BCUT2D eigenvalue weighted by molar-refractivity contribution is 0.543. The van der Waals surface area contributed by atoms with Crippen LogP contribution in [0.3, 0.4) is 0 Å². The summed E-state index contributed by atoms with van der Waals surface area (Å²) in [7, 11) is 0. The quantitative estimate of drug-likeness (QED) is 0.715. The van der Waals surface area contributed by atoms with Gasteiger partial charge in [0.05, 0.1) is 11.3 Å². The number of nitrogens with zero attached hydrogens (tertiary/aromatic N) is 1. The number of thiocarbonyl (C=S) groups is 1. The Labute approximate surface area is 138 Å². The highest BCUT2D eigenvalue weighted by molar-refractivity contribution is 7.80. The fourth-order valence-corrected chi connectivity index (χ4v) is 2.42. The van der Waals surface area contributed by atoms with E-state index in [4.69, 9.17) is 34.0 Å². The van der Waals surface area contributed by atoms with Crippen LogP contribution in [0.2, 0.25) is 5.02 Å². The van der Waals surface area contributed by atoms with Gasteiger partial charge in [-0.25, -0.2) is 4.99 Å². The van der Waals surface area contributed by atoms with Gasteiger partial charge in [0.2, 0.25) is 5.55 Å². The second-order valence-corrected chi connectivity index (χ2v) is 5.84. The number of hydrogen-bond donors (Lipinski definition) is 1. The molecule has 22 heavy (non-hydrogen) atoms. The van der Waals surface area contributed by atoms with E-state index in [0.29, 0.717) is 21.7 Å². The maximum atomic E-state index is 6.01. The van der Waals surface area contributed by atoms with Crippen molar-refractivity contribution in [1.29, 1.82) is 0 Å². The normalized spacial score (nSPS) is 11.8. The summed E-state index contributed by atoms with van der Waals surface area (Å²) in [5.74, 6) is 0. The summed E-state index contributed by atoms with van der Waals surface area (Å²) in [6.45, 7) is 2.02. The summed E-state index contributed by atoms with van der Waals surface area (Å²) in [5.41, 5.74) is 9.40. The summed E-state index contributed by atoms with van der Waals surface area (Å²) in [6.07, 6.45) is 0. The molecule has 1 heterocycles. The zero-order valence-corrected chi connectivity index (χ0v) is 13.4. The number of aryl methyl sites for hydroxylation is 1. The number of rotatable bonds is 2. The van der Waals surface area contributed by atoms with Crippen molar-refractivity contribution >= 4 is 45.5 Å². The van der Waals surface area contributed by atoms with E-state index in [1.54, 1.807) is 18.2 Å². The third-order valence-electron chi connectivity index (χ3n) is 3.24. The Morgan fingerprint density at radius 2 is 1.86 bits per heavy atom. The van der Waals surface area contributed by atoms with Gasteiger partial charge in [0, 0.05) is 10.4 Å². The molecule has 0 amide bonds. The molecular weight excluding hydrogens is 316 g/mol. The Morgan fingerprint density at radius 1 is 1.14 bits per heavy atom. The summed E-state index contributed by atoms with van der Waals surface area (Å²) in [5, 5.41) is 1.46. The van der Waals surface area contributed by atoms with Crippen molar-refractivity contribution in [3.8, 4) is 0 Å². The molecule has 0 bridgehead atoms. The van der Waals surface area contributed by atoms with Crippen LogP contribution in [0.25, 0.3) is 11.0 Å². The van der Waals surface area contributed by atoms with Gasteiger partial charge in [0.15, 0.2) is 0 Å². The van der Waals surface area contributed by atoms with Crippen LogP contribution < -0.4 is 11.3 Å². The van der Waals surface area contributed by atoms with Crippen molar-refractivity contribution in [2.75, 3.05) is 0 Å². The van der Waals surface area contributed by atoms with E-state index in [0.717, 1.165) is 11.1 Å². The number of halogens is 1. The summed E-state index contributed by atoms with van der Waals surface area (Å²) in [4.78, 5) is 4.74. The minimum atomic E-state index is 0.233. The van der Waals surface area contributed by atoms with Gasteiger partial charge in [-0.15, -0.1) is 0 Å². The average molecular weight is 329 g/mol. The maximum absolute atomic E-state index is 6.01. The highest BCUT2D eigenvalue weighted by atomic mass is 35.5. The zero-order chi connectivity index (χ0) is 15.7. The van der Waals surface area contributed by atoms with E-state index in [2.05, 4.69) is 4.99 Å². The van der Waals surface area contributed by atoms with Crippen LogP contribution in [-0.2, 0) is 0 Å². The van der Waals surface area contributed by atoms with Crippen LogP contribution in [0.5, 0.6) is 0 Å². The predicted octanol–water partition coefficient (Wildman–Crippen LogP) is 4.26. The van der Waals surface area contributed by atoms with Crippen LogP contribution in [-0.4, -0.2) is 4.99 Å². The third-order valence-corrected chi connectivity index (χ3v) is 3.69. The second kappa shape index (κ2) is 5.91. The highest BCUT2D eigenvalue weighted by Gasteiger charge is 2.07. The lowest BCUT2D eigenvalue weighted by Crippen LogP contribution is -2.20. The van der Waals surface area contributed by atoms with Gasteiger partial charge in [-0.05, 0) is 43.3 Å². The van der Waals surface area contributed by atoms with Gasteiger partial charge in [0.25, 0.3) is 0 Å². The Bertz CT molecular complexity index is 930. The van der Waals surface area contributed by atoms with Crippen molar-refractivity contribution in [1.82, 2.24) is 0 Å². The Hall–Kier alpha value is -2.17. The Kier molecular flexibility index (Phi) is 3.96. The van der Waals surface area contributed by atoms with Crippen molar-refractivity contribution in [3.05, 3.63) is 70.2 Å². The fourth-order valence-electron chi connectivity index (χ4n) is 2.10. The van der Waals surface area contributed by atoms with Crippen molar-refractivity contribution in [2.24, 2.45) is 10.7 Å². The highest BCUT2D eigenvalue weighted by Crippen LogP contribution is 2.19. The van der Waals surface area contributed by atoms with E-state index in [1.165, 1.54) is 5.56 Å². The molecule has 0 unspecified atom stereocenters. The first-order valence-corrected chi connectivity index (χ1v) is 7.46. The Balaban J connectivity index is 2.27. The monoisotopic (exact) mass is 328 g/mol. The lowest BCUT2D eigenvalue weighted by Gasteiger charge is -2.04. The van der Waals surface area contributed by atoms with Gasteiger partial charge >= 0.3 is 0 Å². The van der Waals surface area contributed by atoms with E-state index in [-0.39, 0.29) is 4.99 Å². The maximum Gasteiger partial charge on any atom is 0.230 e. The molecule has 3 aromatic rings. The van der Waals surface area contributed by atoms with Gasteiger partial charge in [-0.1, -0.05) is 41.5 Å². The lowest BCUT2D eigenvalue weighted by atomic mass is 10.2. The van der Waals surface area contributed by atoms with Crippen LogP contribution in [0.15, 0.2) is 57.9 Å². The SMILES string of the molecule is Cc1ccc(N=c2oc3ccc(Cl)cc3cc2C(N)=S)cc1. The molecule has 0 aliphatic carbocycles. The van der Waals surface area contributed by atoms with Crippen LogP contribution in [0.4, 0.5) is 5.69 Å². The van der Waals surface area contributed by atoms with Gasteiger partial charge in [-0.2, -0.15) is 0 Å². The molecule has 5 heteroatoms. The first-order chi connectivity index (χ1) is 10.5. The summed E-state index contributed by atoms with van der Waals surface area (Å²) in [6, 6.07) is 15.0. The smallest absolute Gasteiger partial charge is 0.230 e. The molecular formula is C17H13ClN2OS.